The van der Waals surface area contributed by atoms with E-state index < -0.39 is 0 Å². The van der Waals surface area contributed by atoms with Crippen LogP contribution in [0.2, 0.25) is 0 Å². The normalized spacial score (nSPS) is 25.9. The van der Waals surface area contributed by atoms with E-state index in [0.29, 0.717) is 0 Å². The monoisotopic (exact) mass is 255 g/mol. The minimum atomic E-state index is 0.806. The largest absolute Gasteiger partial charge is 0.313 e. The van der Waals surface area contributed by atoms with Crippen molar-refractivity contribution in [3.8, 4) is 0 Å². The highest BCUT2D eigenvalue weighted by Gasteiger charge is 2.18. The molecule has 2 heteroatoms. The van der Waals surface area contributed by atoms with E-state index in [9.17, 15) is 0 Å². The first-order chi connectivity index (χ1) is 8.34. The van der Waals surface area contributed by atoms with Crippen LogP contribution in [-0.4, -0.2) is 23.1 Å². The lowest BCUT2D eigenvalue weighted by Crippen LogP contribution is -2.35. The molecule has 2 aliphatic carbocycles. The molecule has 1 unspecified atom stereocenters. The van der Waals surface area contributed by atoms with Crippen molar-refractivity contribution in [3.63, 3.8) is 0 Å². The lowest BCUT2D eigenvalue weighted by Gasteiger charge is -2.27. The van der Waals surface area contributed by atoms with Crippen molar-refractivity contribution < 1.29 is 0 Å². The van der Waals surface area contributed by atoms with Gasteiger partial charge in [0.15, 0.2) is 0 Å². The zero-order chi connectivity index (χ0) is 11.9. The molecule has 0 radical (unpaired) electrons. The molecule has 0 aromatic heterocycles. The van der Waals surface area contributed by atoms with Gasteiger partial charge < -0.3 is 5.32 Å². The second-order valence-electron chi connectivity index (χ2n) is 5.95. The molecule has 0 aromatic carbocycles. The maximum atomic E-state index is 3.79. The smallest absolute Gasteiger partial charge is 0.0147 e. The third-order valence-electron chi connectivity index (χ3n) is 4.28. The molecule has 0 saturated heterocycles. The molecule has 2 rings (SSSR count). The van der Waals surface area contributed by atoms with Crippen LogP contribution in [0.4, 0.5) is 0 Å². The highest BCUT2D eigenvalue weighted by molar-refractivity contribution is 8.00. The lowest BCUT2D eigenvalue weighted by atomic mass is 9.95. The second kappa shape index (κ2) is 7.68. The van der Waals surface area contributed by atoms with Crippen LogP contribution >= 0.6 is 11.8 Å². The molecule has 100 valence electrons. The highest BCUT2D eigenvalue weighted by Crippen LogP contribution is 2.30. The van der Waals surface area contributed by atoms with Gasteiger partial charge in [0.1, 0.15) is 0 Å². The number of thioether (sulfide) groups is 1. The van der Waals surface area contributed by atoms with Crippen LogP contribution in [0.5, 0.6) is 0 Å². The molecule has 0 heterocycles. The van der Waals surface area contributed by atoms with Gasteiger partial charge in [-0.15, -0.1) is 0 Å². The summed E-state index contributed by atoms with van der Waals surface area (Å²) < 4.78 is 0. The predicted octanol–water partition coefficient (Wildman–Crippen LogP) is 4.36. The van der Waals surface area contributed by atoms with Crippen molar-refractivity contribution in [3.05, 3.63) is 0 Å². The first kappa shape index (κ1) is 13.7. The van der Waals surface area contributed by atoms with Crippen LogP contribution in [0.3, 0.4) is 0 Å². The van der Waals surface area contributed by atoms with Crippen molar-refractivity contribution in [1.82, 2.24) is 5.32 Å². The summed E-state index contributed by atoms with van der Waals surface area (Å²) >= 11 is 2.25. The molecule has 0 spiro atoms. The molecule has 0 aliphatic heterocycles. The lowest BCUT2D eigenvalue weighted by molar-refractivity contribution is 0.375. The standard InChI is InChI=1S/C15H29NS/c1-13(17-15-10-6-3-7-11-15)12-16-14-8-4-2-5-9-14/h13-16H,2-12H2,1H3. The van der Waals surface area contributed by atoms with Gasteiger partial charge in [0.2, 0.25) is 0 Å². The van der Waals surface area contributed by atoms with Crippen LogP contribution in [0.15, 0.2) is 0 Å². The Labute approximate surface area is 112 Å². The van der Waals surface area contributed by atoms with Gasteiger partial charge in [0.05, 0.1) is 0 Å². The van der Waals surface area contributed by atoms with Gasteiger partial charge in [-0.1, -0.05) is 45.4 Å². The number of hydrogen-bond acceptors (Lipinski definition) is 2. The van der Waals surface area contributed by atoms with Crippen molar-refractivity contribution in [2.24, 2.45) is 0 Å². The van der Waals surface area contributed by atoms with E-state index in [-0.39, 0.29) is 0 Å². The average Bonchev–Trinajstić information content (AvgIpc) is 2.39. The van der Waals surface area contributed by atoms with Crippen molar-refractivity contribution >= 4 is 11.8 Å². The van der Waals surface area contributed by atoms with E-state index >= 15 is 0 Å². The molecule has 2 saturated carbocycles. The van der Waals surface area contributed by atoms with Crippen LogP contribution in [-0.2, 0) is 0 Å². The van der Waals surface area contributed by atoms with Gasteiger partial charge >= 0.3 is 0 Å². The van der Waals surface area contributed by atoms with Crippen molar-refractivity contribution in [1.29, 1.82) is 0 Å². The topological polar surface area (TPSA) is 12.0 Å². The summed E-state index contributed by atoms with van der Waals surface area (Å²) in [4.78, 5) is 0. The van der Waals surface area contributed by atoms with Gasteiger partial charge in [-0.05, 0) is 25.7 Å². The predicted molar refractivity (Wildman–Crippen MR) is 78.8 cm³/mol. The van der Waals surface area contributed by atoms with Gasteiger partial charge in [0, 0.05) is 23.1 Å². The molecular weight excluding hydrogens is 226 g/mol. The highest BCUT2D eigenvalue weighted by atomic mass is 32.2. The van der Waals surface area contributed by atoms with Crippen LogP contribution in [0, 0.1) is 0 Å². The quantitative estimate of drug-likeness (QED) is 0.783. The molecule has 0 bridgehead atoms. The minimum absolute atomic E-state index is 0.806. The molecule has 0 amide bonds. The summed E-state index contributed by atoms with van der Waals surface area (Å²) in [6, 6.07) is 0.832. The average molecular weight is 255 g/mol. The Morgan fingerprint density at radius 1 is 0.941 bits per heavy atom. The molecule has 1 N–H and O–H groups in total. The number of nitrogens with one attached hydrogen (secondary N) is 1. The Kier molecular flexibility index (Phi) is 6.21. The van der Waals surface area contributed by atoms with Gasteiger partial charge in [0.25, 0.3) is 0 Å². The fourth-order valence-electron chi connectivity index (χ4n) is 3.22. The maximum Gasteiger partial charge on any atom is 0.0147 e. The summed E-state index contributed by atoms with van der Waals surface area (Å²) in [6.07, 6.45) is 14.6. The van der Waals surface area contributed by atoms with E-state index in [1.54, 1.807) is 0 Å². The summed E-state index contributed by atoms with van der Waals surface area (Å²) in [5, 5.41) is 5.56. The first-order valence-corrected chi connectivity index (χ1v) is 8.68. The fourth-order valence-corrected chi connectivity index (χ4v) is 4.67. The first-order valence-electron chi connectivity index (χ1n) is 7.73. The number of hydrogen-bond donors (Lipinski definition) is 1. The summed E-state index contributed by atoms with van der Waals surface area (Å²) in [7, 11) is 0. The third kappa shape index (κ3) is 5.21. The van der Waals surface area contributed by atoms with E-state index in [0.717, 1.165) is 16.5 Å². The Hall–Kier alpha value is 0.310. The summed E-state index contributed by atoms with van der Waals surface area (Å²) in [5.41, 5.74) is 0. The molecule has 2 aliphatic rings. The molecule has 17 heavy (non-hydrogen) atoms. The van der Waals surface area contributed by atoms with Crippen molar-refractivity contribution in [2.45, 2.75) is 87.7 Å². The Balaban J connectivity index is 1.57. The van der Waals surface area contributed by atoms with E-state index in [4.69, 9.17) is 0 Å². The molecule has 0 aromatic rings. The van der Waals surface area contributed by atoms with Crippen molar-refractivity contribution in [2.75, 3.05) is 6.54 Å². The molecule has 2 fully saturated rings. The van der Waals surface area contributed by atoms with E-state index in [1.165, 1.54) is 70.8 Å². The van der Waals surface area contributed by atoms with E-state index in [2.05, 4.69) is 24.0 Å². The Morgan fingerprint density at radius 2 is 1.53 bits per heavy atom. The third-order valence-corrected chi connectivity index (χ3v) is 5.76. The minimum Gasteiger partial charge on any atom is -0.313 e. The van der Waals surface area contributed by atoms with Crippen LogP contribution < -0.4 is 5.32 Å². The van der Waals surface area contributed by atoms with Gasteiger partial charge in [-0.3, -0.25) is 0 Å². The molecular formula is C15H29NS. The Bertz CT molecular complexity index is 195. The van der Waals surface area contributed by atoms with Crippen LogP contribution in [0.1, 0.15) is 71.1 Å². The molecule has 1 atom stereocenters. The fraction of sp³-hybridized carbons (Fsp3) is 1.00. The Morgan fingerprint density at radius 3 is 2.18 bits per heavy atom. The zero-order valence-electron chi connectivity index (χ0n) is 11.4. The maximum absolute atomic E-state index is 3.79. The summed E-state index contributed by atoms with van der Waals surface area (Å²) in [5.74, 6) is 0. The summed E-state index contributed by atoms with van der Waals surface area (Å²) in [6.45, 7) is 3.64. The second-order valence-corrected chi connectivity index (χ2v) is 7.69. The van der Waals surface area contributed by atoms with Crippen LogP contribution in [0.25, 0.3) is 0 Å². The SMILES string of the molecule is CC(CNC1CCCCC1)SC1CCCCC1. The van der Waals surface area contributed by atoms with Gasteiger partial charge in [-0.2, -0.15) is 11.8 Å². The number of rotatable bonds is 5. The molecule has 1 nitrogen and oxygen atoms in total. The van der Waals surface area contributed by atoms with E-state index in [1.807, 2.05) is 0 Å². The van der Waals surface area contributed by atoms with Gasteiger partial charge in [-0.25, -0.2) is 0 Å². The zero-order valence-corrected chi connectivity index (χ0v) is 12.2.